The summed E-state index contributed by atoms with van der Waals surface area (Å²) in [5.74, 6) is 1.70. The summed E-state index contributed by atoms with van der Waals surface area (Å²) in [5.41, 5.74) is 1.01. The van der Waals surface area contributed by atoms with Crippen molar-refractivity contribution in [1.29, 1.82) is 0 Å². The fraction of sp³-hybridized carbons (Fsp3) is 0.333. The second kappa shape index (κ2) is 7.34. The average molecular weight is 342 g/mol. The first kappa shape index (κ1) is 16.4. The van der Waals surface area contributed by atoms with Gasteiger partial charge in [0.05, 0.1) is 5.02 Å². The molecule has 0 aliphatic carbocycles. The number of halogens is 2. The van der Waals surface area contributed by atoms with Crippen LogP contribution in [-0.2, 0) is 6.42 Å². The Labute approximate surface area is 139 Å². The second-order valence-electron chi connectivity index (χ2n) is 4.60. The fourth-order valence-corrected chi connectivity index (χ4v) is 3.31. The number of rotatable bonds is 5. The highest BCUT2D eigenvalue weighted by Gasteiger charge is 2.13. The maximum atomic E-state index is 6.23. The largest absolute Gasteiger partial charge is 0.373 e. The number of nitrogens with zero attached hydrogens (tertiary/aromatic N) is 2. The molecule has 0 amide bonds. The smallest absolute Gasteiger partial charge is 0.133 e. The molecule has 3 nitrogen and oxygen atoms in total. The molecule has 2 rings (SSSR count). The molecule has 0 spiro atoms. The van der Waals surface area contributed by atoms with E-state index in [0.717, 1.165) is 40.0 Å². The monoisotopic (exact) mass is 341 g/mol. The molecule has 0 saturated heterocycles. The molecule has 21 heavy (non-hydrogen) atoms. The molecule has 1 heterocycles. The molecule has 0 atom stereocenters. The molecular weight excluding hydrogens is 325 g/mol. The van der Waals surface area contributed by atoms with E-state index >= 15 is 0 Å². The van der Waals surface area contributed by atoms with E-state index < -0.39 is 0 Å². The Kier molecular flexibility index (Phi) is 5.73. The van der Waals surface area contributed by atoms with Crippen LogP contribution < -0.4 is 5.32 Å². The number of anilines is 1. The first-order valence-corrected chi connectivity index (χ1v) is 8.30. The van der Waals surface area contributed by atoms with Crippen LogP contribution in [0.3, 0.4) is 0 Å². The topological polar surface area (TPSA) is 37.8 Å². The molecule has 0 aliphatic rings. The molecule has 0 aliphatic heterocycles. The van der Waals surface area contributed by atoms with Gasteiger partial charge in [-0.05, 0) is 31.5 Å². The third kappa shape index (κ3) is 4.02. The average Bonchev–Trinajstić information content (AvgIpc) is 2.46. The Balaban J connectivity index is 2.42. The number of hydrogen-bond acceptors (Lipinski definition) is 4. The van der Waals surface area contributed by atoms with Gasteiger partial charge in [0.15, 0.2) is 0 Å². The van der Waals surface area contributed by atoms with Crippen molar-refractivity contribution < 1.29 is 0 Å². The van der Waals surface area contributed by atoms with Crippen LogP contribution in [0.1, 0.15) is 24.7 Å². The van der Waals surface area contributed by atoms with Gasteiger partial charge < -0.3 is 5.32 Å². The van der Waals surface area contributed by atoms with Crippen molar-refractivity contribution in [2.75, 3.05) is 12.4 Å². The van der Waals surface area contributed by atoms with Gasteiger partial charge in [-0.3, -0.25) is 0 Å². The lowest BCUT2D eigenvalue weighted by molar-refractivity contribution is 0.804. The van der Waals surface area contributed by atoms with Crippen molar-refractivity contribution in [2.24, 2.45) is 0 Å². The van der Waals surface area contributed by atoms with E-state index in [1.54, 1.807) is 12.1 Å². The van der Waals surface area contributed by atoms with E-state index in [9.17, 15) is 0 Å². The number of aryl methyl sites for hydroxylation is 1. The van der Waals surface area contributed by atoms with Gasteiger partial charge in [-0.15, -0.1) is 0 Å². The molecule has 6 heteroatoms. The van der Waals surface area contributed by atoms with E-state index in [2.05, 4.69) is 22.2 Å². The van der Waals surface area contributed by atoms with E-state index in [1.807, 2.05) is 20.0 Å². The van der Waals surface area contributed by atoms with E-state index in [1.165, 1.54) is 11.8 Å². The zero-order valence-electron chi connectivity index (χ0n) is 12.2. The van der Waals surface area contributed by atoms with Crippen molar-refractivity contribution in [3.63, 3.8) is 0 Å². The quantitative estimate of drug-likeness (QED) is 0.755. The highest BCUT2D eigenvalue weighted by atomic mass is 35.5. The third-order valence-corrected chi connectivity index (χ3v) is 4.78. The van der Waals surface area contributed by atoms with Gasteiger partial charge in [0.2, 0.25) is 0 Å². The van der Waals surface area contributed by atoms with Gasteiger partial charge in [0, 0.05) is 29.0 Å². The molecule has 112 valence electrons. The van der Waals surface area contributed by atoms with Crippen molar-refractivity contribution in [3.05, 3.63) is 39.6 Å². The lowest BCUT2D eigenvalue weighted by Crippen LogP contribution is -2.04. The van der Waals surface area contributed by atoms with Gasteiger partial charge in [-0.2, -0.15) is 0 Å². The molecular formula is C15H17Cl2N3S. The molecule has 1 aromatic heterocycles. The van der Waals surface area contributed by atoms with Gasteiger partial charge in [0.25, 0.3) is 0 Å². The molecule has 1 aromatic carbocycles. The van der Waals surface area contributed by atoms with Crippen LogP contribution >= 0.6 is 35.0 Å². The summed E-state index contributed by atoms with van der Waals surface area (Å²) in [6.07, 6.45) is 1.86. The summed E-state index contributed by atoms with van der Waals surface area (Å²) in [6, 6.07) is 5.44. The van der Waals surface area contributed by atoms with Gasteiger partial charge in [-0.25, -0.2) is 9.97 Å². The van der Waals surface area contributed by atoms with E-state index in [0.29, 0.717) is 10.0 Å². The van der Waals surface area contributed by atoms with Gasteiger partial charge in [0.1, 0.15) is 16.7 Å². The molecule has 0 radical (unpaired) electrons. The number of benzene rings is 1. The molecule has 2 aromatic rings. The van der Waals surface area contributed by atoms with Crippen LogP contribution in [0.5, 0.6) is 0 Å². The van der Waals surface area contributed by atoms with Crippen LogP contribution in [0, 0.1) is 6.92 Å². The normalized spacial score (nSPS) is 10.7. The summed E-state index contributed by atoms with van der Waals surface area (Å²) in [7, 11) is 1.87. The third-order valence-electron chi connectivity index (χ3n) is 2.96. The first-order valence-electron chi connectivity index (χ1n) is 6.73. The summed E-state index contributed by atoms with van der Waals surface area (Å²) < 4.78 is 0. The van der Waals surface area contributed by atoms with Gasteiger partial charge in [-0.1, -0.05) is 41.9 Å². The zero-order valence-corrected chi connectivity index (χ0v) is 14.5. The highest BCUT2D eigenvalue weighted by Crippen LogP contribution is 2.36. The van der Waals surface area contributed by atoms with Crippen molar-refractivity contribution >= 4 is 40.8 Å². The predicted molar refractivity (Wildman–Crippen MR) is 90.9 cm³/mol. The van der Waals surface area contributed by atoms with Crippen molar-refractivity contribution in [3.8, 4) is 0 Å². The lowest BCUT2D eigenvalue weighted by Gasteiger charge is -2.12. The lowest BCUT2D eigenvalue weighted by atomic mass is 10.3. The number of aromatic nitrogens is 2. The molecule has 0 saturated carbocycles. The van der Waals surface area contributed by atoms with Crippen LogP contribution in [0.2, 0.25) is 10.0 Å². The Morgan fingerprint density at radius 2 is 2.00 bits per heavy atom. The van der Waals surface area contributed by atoms with Gasteiger partial charge >= 0.3 is 0 Å². The van der Waals surface area contributed by atoms with Crippen LogP contribution in [-0.4, -0.2) is 17.0 Å². The Morgan fingerprint density at radius 3 is 2.67 bits per heavy atom. The summed E-state index contributed by atoms with van der Waals surface area (Å²) >= 11 is 13.8. The van der Waals surface area contributed by atoms with Crippen LogP contribution in [0.25, 0.3) is 0 Å². The first-order chi connectivity index (χ1) is 10.0. The summed E-state index contributed by atoms with van der Waals surface area (Å²) in [5, 5.41) is 5.36. The van der Waals surface area contributed by atoms with Crippen molar-refractivity contribution in [2.45, 2.75) is 36.6 Å². The summed E-state index contributed by atoms with van der Waals surface area (Å²) in [4.78, 5) is 10.1. The summed E-state index contributed by atoms with van der Waals surface area (Å²) in [6.45, 7) is 4.12. The molecule has 0 bridgehead atoms. The van der Waals surface area contributed by atoms with Crippen LogP contribution in [0.15, 0.2) is 28.1 Å². The fourth-order valence-electron chi connectivity index (χ4n) is 1.88. The SMILES string of the molecule is CCCc1nc(NC)c(C)c(Sc2cc(Cl)ccc2Cl)n1. The van der Waals surface area contributed by atoms with E-state index in [4.69, 9.17) is 23.2 Å². The molecule has 0 unspecified atom stereocenters. The molecule has 1 N–H and O–H groups in total. The Hall–Kier alpha value is -0.970. The van der Waals surface area contributed by atoms with Crippen molar-refractivity contribution in [1.82, 2.24) is 9.97 Å². The number of nitrogens with one attached hydrogen (secondary N) is 1. The predicted octanol–water partition coefficient (Wildman–Crippen LogP) is 5.24. The maximum Gasteiger partial charge on any atom is 0.133 e. The molecule has 0 fully saturated rings. The van der Waals surface area contributed by atoms with E-state index in [-0.39, 0.29) is 0 Å². The number of hydrogen-bond donors (Lipinski definition) is 1. The minimum atomic E-state index is 0.663. The zero-order chi connectivity index (χ0) is 15.4. The standard InChI is InChI=1S/C15H17Cl2N3S/c1-4-5-13-19-14(18-3)9(2)15(20-13)21-12-8-10(16)6-7-11(12)17/h6-8H,4-5H2,1-3H3,(H,18,19,20). The Morgan fingerprint density at radius 1 is 1.24 bits per heavy atom. The Bertz CT molecular complexity index is 647. The maximum absolute atomic E-state index is 6.23. The minimum absolute atomic E-state index is 0.663. The van der Waals surface area contributed by atoms with Crippen LogP contribution in [0.4, 0.5) is 5.82 Å². The highest BCUT2D eigenvalue weighted by molar-refractivity contribution is 7.99. The second-order valence-corrected chi connectivity index (χ2v) is 6.47. The minimum Gasteiger partial charge on any atom is -0.373 e.